The van der Waals surface area contributed by atoms with E-state index in [0.717, 1.165) is 12.0 Å². The van der Waals surface area contributed by atoms with Gasteiger partial charge < -0.3 is 21.1 Å². The van der Waals surface area contributed by atoms with Crippen molar-refractivity contribution in [2.24, 2.45) is 5.73 Å². The smallest absolute Gasteiger partial charge is 0.223 e. The third-order valence-electron chi connectivity index (χ3n) is 4.89. The van der Waals surface area contributed by atoms with E-state index in [1.807, 2.05) is 26.0 Å². The average molecular weight is 436 g/mol. The number of unbranched alkanes of at least 4 members (excludes halogenated alkanes) is 4. The number of phenolic OH excluding ortho intramolecular Hbond substituents is 1. The molecule has 0 saturated carbocycles. The highest BCUT2D eigenvalue weighted by molar-refractivity contribution is 5.83. The van der Waals surface area contributed by atoms with E-state index in [1.54, 1.807) is 24.1 Å². The normalized spacial score (nSPS) is 10.2. The summed E-state index contributed by atoms with van der Waals surface area (Å²) in [6.45, 7) is 6.66. The number of carbonyl (C=O) groups is 3. The van der Waals surface area contributed by atoms with Crippen LogP contribution in [0.5, 0.6) is 5.75 Å². The van der Waals surface area contributed by atoms with Crippen LogP contribution < -0.4 is 11.1 Å². The standard InChI is InChI=1S/C15H22N2O3.C9H19NO/c1-11(2)17(15(20)8-7-14(16)19)10-9-12-3-5-13(18)6-4-12;1-3-4-5-6-7-8-9(11)10-2/h3-6,11,18H,7-10H2,1-2H3,(H2,16,19);3-8H2,1-2H3,(H,10,11). The van der Waals surface area contributed by atoms with E-state index < -0.39 is 5.91 Å². The van der Waals surface area contributed by atoms with Crippen LogP contribution >= 0.6 is 0 Å². The molecule has 0 radical (unpaired) electrons. The van der Waals surface area contributed by atoms with Crippen molar-refractivity contribution >= 4 is 17.7 Å². The molecule has 1 aromatic rings. The van der Waals surface area contributed by atoms with Gasteiger partial charge in [0.05, 0.1) is 0 Å². The summed E-state index contributed by atoms with van der Waals surface area (Å²) in [6.07, 6.45) is 7.72. The molecule has 3 amide bonds. The van der Waals surface area contributed by atoms with E-state index >= 15 is 0 Å². The first-order valence-electron chi connectivity index (χ1n) is 11.3. The summed E-state index contributed by atoms with van der Waals surface area (Å²) in [5, 5.41) is 11.8. The van der Waals surface area contributed by atoms with Crippen molar-refractivity contribution < 1.29 is 19.5 Å². The van der Waals surface area contributed by atoms with Crippen molar-refractivity contribution in [2.75, 3.05) is 13.6 Å². The summed E-state index contributed by atoms with van der Waals surface area (Å²) in [5.41, 5.74) is 6.11. The van der Waals surface area contributed by atoms with Crippen molar-refractivity contribution in [1.29, 1.82) is 0 Å². The highest BCUT2D eigenvalue weighted by Crippen LogP contribution is 2.12. The number of nitrogens with two attached hydrogens (primary N) is 1. The van der Waals surface area contributed by atoms with Gasteiger partial charge in [-0.1, -0.05) is 44.7 Å². The summed E-state index contributed by atoms with van der Waals surface area (Å²) >= 11 is 0. The zero-order chi connectivity index (χ0) is 23.6. The Morgan fingerprint density at radius 1 is 1.00 bits per heavy atom. The first-order valence-corrected chi connectivity index (χ1v) is 11.3. The molecule has 0 bridgehead atoms. The van der Waals surface area contributed by atoms with Gasteiger partial charge in [-0.2, -0.15) is 0 Å². The number of hydrogen-bond acceptors (Lipinski definition) is 4. The molecule has 0 fully saturated rings. The van der Waals surface area contributed by atoms with E-state index in [9.17, 15) is 19.5 Å². The van der Waals surface area contributed by atoms with Crippen LogP contribution in [-0.4, -0.2) is 47.4 Å². The van der Waals surface area contributed by atoms with Gasteiger partial charge in [0.25, 0.3) is 0 Å². The molecule has 1 aromatic carbocycles. The molecule has 0 aliphatic heterocycles. The van der Waals surface area contributed by atoms with Crippen LogP contribution in [0.3, 0.4) is 0 Å². The number of nitrogens with one attached hydrogen (secondary N) is 1. The number of amides is 3. The van der Waals surface area contributed by atoms with Gasteiger partial charge in [-0.3, -0.25) is 14.4 Å². The van der Waals surface area contributed by atoms with Gasteiger partial charge in [0, 0.05) is 38.9 Å². The molecule has 0 heterocycles. The third-order valence-corrected chi connectivity index (χ3v) is 4.89. The largest absolute Gasteiger partial charge is 0.508 e. The van der Waals surface area contributed by atoms with Crippen LogP contribution in [0.2, 0.25) is 0 Å². The fraction of sp³-hybridized carbons (Fsp3) is 0.625. The van der Waals surface area contributed by atoms with Gasteiger partial charge in [0.1, 0.15) is 5.75 Å². The number of primary amides is 1. The minimum atomic E-state index is -0.458. The summed E-state index contributed by atoms with van der Waals surface area (Å²) in [4.78, 5) is 35.3. The Bertz CT molecular complexity index is 645. The monoisotopic (exact) mass is 435 g/mol. The Hall–Kier alpha value is -2.57. The number of carbonyl (C=O) groups excluding carboxylic acids is 3. The number of nitrogens with zero attached hydrogens (tertiary/aromatic N) is 1. The maximum Gasteiger partial charge on any atom is 0.223 e. The maximum absolute atomic E-state index is 12.0. The lowest BCUT2D eigenvalue weighted by Gasteiger charge is -2.26. The fourth-order valence-corrected chi connectivity index (χ4v) is 2.97. The minimum absolute atomic E-state index is 0.0578. The van der Waals surface area contributed by atoms with Crippen LogP contribution in [0.4, 0.5) is 0 Å². The van der Waals surface area contributed by atoms with Crippen LogP contribution in [-0.2, 0) is 20.8 Å². The van der Waals surface area contributed by atoms with Gasteiger partial charge in [0.15, 0.2) is 0 Å². The Kier molecular flexibility index (Phi) is 15.7. The second-order valence-electron chi connectivity index (χ2n) is 7.90. The highest BCUT2D eigenvalue weighted by atomic mass is 16.3. The molecule has 0 saturated heterocycles. The van der Waals surface area contributed by atoms with Gasteiger partial charge in [0.2, 0.25) is 17.7 Å². The quantitative estimate of drug-likeness (QED) is 0.411. The molecule has 176 valence electrons. The predicted molar refractivity (Wildman–Crippen MR) is 125 cm³/mol. The summed E-state index contributed by atoms with van der Waals surface area (Å²) < 4.78 is 0. The molecule has 0 aliphatic carbocycles. The average Bonchev–Trinajstić information content (AvgIpc) is 2.73. The third kappa shape index (κ3) is 15.0. The number of benzene rings is 1. The molecule has 7 nitrogen and oxygen atoms in total. The van der Waals surface area contributed by atoms with E-state index in [-0.39, 0.29) is 36.4 Å². The van der Waals surface area contributed by atoms with E-state index in [4.69, 9.17) is 5.73 Å². The zero-order valence-corrected chi connectivity index (χ0v) is 19.7. The molecule has 1 rings (SSSR count). The van der Waals surface area contributed by atoms with Crippen LogP contribution in [0.25, 0.3) is 0 Å². The molecular formula is C24H41N3O4. The van der Waals surface area contributed by atoms with E-state index in [1.165, 1.54) is 25.7 Å². The fourth-order valence-electron chi connectivity index (χ4n) is 2.97. The second kappa shape index (κ2) is 17.1. The Morgan fingerprint density at radius 2 is 1.61 bits per heavy atom. The zero-order valence-electron chi connectivity index (χ0n) is 19.7. The molecule has 0 unspecified atom stereocenters. The van der Waals surface area contributed by atoms with Gasteiger partial charge in [-0.05, 0) is 44.4 Å². The summed E-state index contributed by atoms with van der Waals surface area (Å²) in [7, 11) is 1.69. The highest BCUT2D eigenvalue weighted by Gasteiger charge is 2.17. The second-order valence-corrected chi connectivity index (χ2v) is 7.90. The molecule has 0 spiro atoms. The molecule has 4 N–H and O–H groups in total. The van der Waals surface area contributed by atoms with E-state index in [2.05, 4.69) is 12.2 Å². The van der Waals surface area contributed by atoms with Crippen molar-refractivity contribution in [2.45, 2.75) is 84.6 Å². The first kappa shape index (κ1) is 28.4. The lowest BCUT2D eigenvalue weighted by atomic mass is 10.1. The topological polar surface area (TPSA) is 113 Å². The number of aromatic hydroxyl groups is 1. The molecule has 0 aliphatic rings. The molecule has 0 atom stereocenters. The van der Waals surface area contributed by atoms with Crippen molar-refractivity contribution in [1.82, 2.24) is 10.2 Å². The summed E-state index contributed by atoms with van der Waals surface area (Å²) in [6, 6.07) is 7.00. The van der Waals surface area contributed by atoms with Gasteiger partial charge in [-0.25, -0.2) is 0 Å². The Balaban J connectivity index is 0.000000695. The van der Waals surface area contributed by atoms with Crippen molar-refractivity contribution in [3.05, 3.63) is 29.8 Å². The number of phenols is 1. The molecule has 31 heavy (non-hydrogen) atoms. The van der Waals surface area contributed by atoms with Crippen LogP contribution in [0.1, 0.15) is 77.7 Å². The van der Waals surface area contributed by atoms with Crippen LogP contribution in [0.15, 0.2) is 24.3 Å². The Labute approximate surface area is 187 Å². The minimum Gasteiger partial charge on any atom is -0.508 e. The lowest BCUT2D eigenvalue weighted by molar-refractivity contribution is -0.134. The van der Waals surface area contributed by atoms with E-state index in [0.29, 0.717) is 19.4 Å². The van der Waals surface area contributed by atoms with Crippen molar-refractivity contribution in [3.63, 3.8) is 0 Å². The lowest BCUT2D eigenvalue weighted by Crippen LogP contribution is -2.38. The first-order chi connectivity index (χ1) is 14.7. The molecule has 0 aromatic heterocycles. The van der Waals surface area contributed by atoms with Gasteiger partial charge in [-0.15, -0.1) is 0 Å². The predicted octanol–water partition coefficient (Wildman–Crippen LogP) is 3.53. The number of rotatable bonds is 13. The molecular weight excluding hydrogens is 394 g/mol. The summed E-state index contributed by atoms with van der Waals surface area (Å²) in [5.74, 6) is -0.119. The SMILES string of the molecule is CC(C)N(CCc1ccc(O)cc1)C(=O)CCC(N)=O.CCCCCCCC(=O)NC. The van der Waals surface area contributed by atoms with Gasteiger partial charge >= 0.3 is 0 Å². The maximum atomic E-state index is 12.0. The van der Waals surface area contributed by atoms with Crippen molar-refractivity contribution in [3.8, 4) is 5.75 Å². The number of hydrogen-bond donors (Lipinski definition) is 3. The van der Waals surface area contributed by atoms with Crippen LogP contribution in [0, 0.1) is 0 Å². The Morgan fingerprint density at radius 3 is 2.13 bits per heavy atom. The molecule has 7 heteroatoms.